The summed E-state index contributed by atoms with van der Waals surface area (Å²) < 4.78 is 25.1. The van der Waals surface area contributed by atoms with Gasteiger partial charge in [-0.25, -0.2) is 4.39 Å². The summed E-state index contributed by atoms with van der Waals surface area (Å²) in [5.74, 6) is 0.666. The van der Waals surface area contributed by atoms with Gasteiger partial charge in [0.25, 0.3) is 0 Å². The van der Waals surface area contributed by atoms with E-state index in [4.69, 9.17) is 9.47 Å². The number of aryl methyl sites for hydroxylation is 2. The van der Waals surface area contributed by atoms with Crippen LogP contribution in [-0.2, 0) is 11.3 Å². The van der Waals surface area contributed by atoms with Crippen LogP contribution in [0.5, 0.6) is 5.75 Å². The van der Waals surface area contributed by atoms with Gasteiger partial charge in [-0.1, -0.05) is 6.07 Å². The lowest BCUT2D eigenvalue weighted by atomic mass is 9.96. The Morgan fingerprint density at radius 3 is 2.54 bits per heavy atom. The molecule has 1 N–H and O–H groups in total. The van der Waals surface area contributed by atoms with Crippen molar-refractivity contribution in [1.82, 2.24) is 5.32 Å². The number of hydrogen-bond donors (Lipinski definition) is 1. The van der Waals surface area contributed by atoms with Crippen molar-refractivity contribution in [3.05, 3.63) is 52.8 Å². The molecule has 2 aromatic carbocycles. The predicted octanol–water partition coefficient (Wildman–Crippen LogP) is 4.00. The van der Waals surface area contributed by atoms with E-state index in [1.54, 1.807) is 13.2 Å². The van der Waals surface area contributed by atoms with Crippen molar-refractivity contribution in [2.24, 2.45) is 0 Å². The zero-order valence-corrected chi connectivity index (χ0v) is 14.5. The summed E-state index contributed by atoms with van der Waals surface area (Å²) in [6.45, 7) is 6.32. The highest BCUT2D eigenvalue weighted by Crippen LogP contribution is 2.32. The molecular weight excluding hydrogens is 305 g/mol. The van der Waals surface area contributed by atoms with Crippen LogP contribution >= 0.6 is 0 Å². The molecular formula is C20H24FNO2. The summed E-state index contributed by atoms with van der Waals surface area (Å²) >= 11 is 0. The van der Waals surface area contributed by atoms with Crippen LogP contribution in [0.3, 0.4) is 0 Å². The van der Waals surface area contributed by atoms with Crippen LogP contribution in [-0.4, -0.2) is 26.3 Å². The third kappa shape index (κ3) is 3.60. The van der Waals surface area contributed by atoms with E-state index in [1.165, 1.54) is 6.07 Å². The fourth-order valence-corrected chi connectivity index (χ4v) is 3.37. The average molecular weight is 329 g/mol. The number of benzene rings is 2. The minimum Gasteiger partial charge on any atom is -0.496 e. The molecule has 1 saturated heterocycles. The quantitative estimate of drug-likeness (QED) is 0.899. The van der Waals surface area contributed by atoms with Gasteiger partial charge in [0.15, 0.2) is 0 Å². The van der Waals surface area contributed by atoms with E-state index in [2.05, 4.69) is 17.4 Å². The molecule has 3 rings (SSSR count). The summed E-state index contributed by atoms with van der Waals surface area (Å²) in [6.07, 6.45) is 1.21. The van der Waals surface area contributed by atoms with Crippen LogP contribution in [0.2, 0.25) is 0 Å². The highest BCUT2D eigenvalue weighted by molar-refractivity contribution is 5.70. The second kappa shape index (κ2) is 7.32. The lowest BCUT2D eigenvalue weighted by Gasteiger charge is -2.16. The van der Waals surface area contributed by atoms with E-state index >= 15 is 0 Å². The predicted molar refractivity (Wildman–Crippen MR) is 93.9 cm³/mol. The molecule has 0 amide bonds. The fourth-order valence-electron chi connectivity index (χ4n) is 3.37. The normalized spacial score (nSPS) is 17.2. The van der Waals surface area contributed by atoms with Crippen molar-refractivity contribution in [1.29, 1.82) is 0 Å². The van der Waals surface area contributed by atoms with E-state index in [1.807, 2.05) is 19.9 Å². The standard InChI is InChI=1S/C20H24FNO2/c1-13-8-15(9-14(2)20(13)23-3)19-5-4-17(21)10-16(19)12-24-18-6-7-22-11-18/h4-5,8-10,18,22H,6-7,11-12H2,1-3H3. The van der Waals surface area contributed by atoms with Gasteiger partial charge in [-0.3, -0.25) is 0 Å². The Kier molecular flexibility index (Phi) is 5.17. The van der Waals surface area contributed by atoms with E-state index in [0.29, 0.717) is 6.61 Å². The molecule has 1 atom stereocenters. The summed E-state index contributed by atoms with van der Waals surface area (Å²) in [5, 5.41) is 3.28. The van der Waals surface area contributed by atoms with Gasteiger partial charge in [-0.2, -0.15) is 0 Å². The zero-order valence-electron chi connectivity index (χ0n) is 14.5. The van der Waals surface area contributed by atoms with Gasteiger partial charge in [-0.05, 0) is 78.9 Å². The molecule has 0 radical (unpaired) electrons. The van der Waals surface area contributed by atoms with Gasteiger partial charge in [0.1, 0.15) is 11.6 Å². The largest absolute Gasteiger partial charge is 0.496 e. The minimum atomic E-state index is -0.233. The topological polar surface area (TPSA) is 30.5 Å². The molecule has 128 valence electrons. The molecule has 24 heavy (non-hydrogen) atoms. The molecule has 0 bridgehead atoms. The van der Waals surface area contributed by atoms with Gasteiger partial charge >= 0.3 is 0 Å². The maximum atomic E-state index is 13.8. The summed E-state index contributed by atoms with van der Waals surface area (Å²) in [5.41, 5.74) is 5.10. The summed E-state index contributed by atoms with van der Waals surface area (Å²) in [7, 11) is 1.68. The van der Waals surface area contributed by atoms with E-state index < -0.39 is 0 Å². The molecule has 1 aliphatic heterocycles. The first-order valence-corrected chi connectivity index (χ1v) is 8.35. The highest BCUT2D eigenvalue weighted by Gasteiger charge is 2.17. The van der Waals surface area contributed by atoms with Crippen LogP contribution in [0, 0.1) is 19.7 Å². The first-order valence-electron chi connectivity index (χ1n) is 8.35. The van der Waals surface area contributed by atoms with Crippen LogP contribution in [0.1, 0.15) is 23.1 Å². The van der Waals surface area contributed by atoms with Crippen LogP contribution in [0.4, 0.5) is 4.39 Å². The molecule has 3 nitrogen and oxygen atoms in total. The number of ether oxygens (including phenoxy) is 2. The Morgan fingerprint density at radius 2 is 1.92 bits per heavy atom. The van der Waals surface area contributed by atoms with Crippen molar-refractivity contribution in [2.45, 2.75) is 33.0 Å². The molecule has 0 aromatic heterocycles. The molecule has 0 spiro atoms. The van der Waals surface area contributed by atoms with E-state index in [0.717, 1.165) is 53.1 Å². The zero-order chi connectivity index (χ0) is 17.1. The third-order valence-corrected chi connectivity index (χ3v) is 4.53. The second-order valence-electron chi connectivity index (χ2n) is 6.37. The fraction of sp³-hybridized carbons (Fsp3) is 0.400. The van der Waals surface area contributed by atoms with Gasteiger partial charge < -0.3 is 14.8 Å². The number of hydrogen-bond acceptors (Lipinski definition) is 3. The Labute approximate surface area is 142 Å². The molecule has 0 saturated carbocycles. The van der Waals surface area contributed by atoms with Crippen molar-refractivity contribution >= 4 is 0 Å². The first-order chi connectivity index (χ1) is 11.6. The molecule has 0 aliphatic carbocycles. The second-order valence-corrected chi connectivity index (χ2v) is 6.37. The van der Waals surface area contributed by atoms with Crippen LogP contribution in [0.15, 0.2) is 30.3 Å². The van der Waals surface area contributed by atoms with Gasteiger partial charge in [0, 0.05) is 6.54 Å². The SMILES string of the molecule is COc1c(C)cc(-c2ccc(F)cc2COC2CCNC2)cc1C. The monoisotopic (exact) mass is 329 g/mol. The Morgan fingerprint density at radius 1 is 1.17 bits per heavy atom. The molecule has 1 heterocycles. The van der Waals surface area contributed by atoms with E-state index in [-0.39, 0.29) is 11.9 Å². The van der Waals surface area contributed by atoms with Gasteiger partial charge in [0.2, 0.25) is 0 Å². The maximum absolute atomic E-state index is 13.8. The van der Waals surface area contributed by atoms with Crippen LogP contribution in [0.25, 0.3) is 11.1 Å². The molecule has 1 aliphatic rings. The Bertz CT molecular complexity index is 701. The Hall–Kier alpha value is -1.91. The molecule has 4 heteroatoms. The Balaban J connectivity index is 1.92. The molecule has 1 unspecified atom stereocenters. The molecule has 1 fully saturated rings. The van der Waals surface area contributed by atoms with Crippen molar-refractivity contribution < 1.29 is 13.9 Å². The summed E-state index contributed by atoms with van der Waals surface area (Å²) in [6, 6.07) is 9.08. The van der Waals surface area contributed by atoms with Gasteiger partial charge in [0.05, 0.1) is 19.8 Å². The number of halogens is 1. The van der Waals surface area contributed by atoms with Gasteiger partial charge in [-0.15, -0.1) is 0 Å². The van der Waals surface area contributed by atoms with Crippen molar-refractivity contribution in [3.63, 3.8) is 0 Å². The first kappa shape index (κ1) is 16.9. The number of methoxy groups -OCH3 is 1. The third-order valence-electron chi connectivity index (χ3n) is 4.53. The summed E-state index contributed by atoms with van der Waals surface area (Å²) in [4.78, 5) is 0. The lowest BCUT2D eigenvalue weighted by molar-refractivity contribution is 0.0543. The smallest absolute Gasteiger partial charge is 0.124 e. The average Bonchev–Trinajstić information content (AvgIpc) is 3.06. The number of nitrogens with one attached hydrogen (secondary N) is 1. The molecule has 2 aromatic rings. The van der Waals surface area contributed by atoms with Crippen LogP contribution < -0.4 is 10.1 Å². The lowest BCUT2D eigenvalue weighted by Crippen LogP contribution is -2.16. The maximum Gasteiger partial charge on any atom is 0.124 e. The van der Waals surface area contributed by atoms with E-state index in [9.17, 15) is 4.39 Å². The van der Waals surface area contributed by atoms with Crippen molar-refractivity contribution in [3.8, 4) is 16.9 Å². The highest BCUT2D eigenvalue weighted by atomic mass is 19.1. The number of rotatable bonds is 5. The minimum absolute atomic E-state index is 0.209. The van der Waals surface area contributed by atoms with Crippen molar-refractivity contribution in [2.75, 3.05) is 20.2 Å².